The molecule has 41 heavy (non-hydrogen) atoms. The highest BCUT2D eigenvalue weighted by Crippen LogP contribution is 2.29. The second-order valence-corrected chi connectivity index (χ2v) is 13.9. The molecule has 3 aliphatic heterocycles. The number of hydrogen-bond acceptors (Lipinski definition) is 9. The van der Waals surface area contributed by atoms with Gasteiger partial charge in [0, 0.05) is 66.4 Å². The fourth-order valence-electron chi connectivity index (χ4n) is 5.39. The lowest BCUT2D eigenvalue weighted by Crippen LogP contribution is -2.57. The smallest absolute Gasteiger partial charge is 0.283 e. The molecule has 15 heteroatoms. The topological polar surface area (TPSA) is 137 Å². The van der Waals surface area contributed by atoms with Crippen LogP contribution in [0.2, 0.25) is 5.02 Å². The SMILES string of the molecule is CN1CCc2nc(C(=O)N3CCN(S(=O)(=O)c4cc5cc(Cl)ccc5[nH]4)CC3CC(=O)NCC3OCCO3)sc2C1. The van der Waals surface area contributed by atoms with Crippen molar-refractivity contribution in [1.29, 1.82) is 0 Å². The molecule has 0 radical (unpaired) electrons. The normalized spacial score (nSPS) is 20.9. The fourth-order valence-corrected chi connectivity index (χ4v) is 8.20. The van der Waals surface area contributed by atoms with Crippen molar-refractivity contribution in [3.63, 3.8) is 0 Å². The summed E-state index contributed by atoms with van der Waals surface area (Å²) in [4.78, 5) is 39.1. The third kappa shape index (κ3) is 6.00. The van der Waals surface area contributed by atoms with Crippen LogP contribution in [0.15, 0.2) is 29.3 Å². The third-order valence-corrected chi connectivity index (χ3v) is 10.7. The lowest BCUT2D eigenvalue weighted by Gasteiger charge is -2.40. The van der Waals surface area contributed by atoms with Gasteiger partial charge in [-0.2, -0.15) is 4.31 Å². The van der Waals surface area contributed by atoms with Crippen molar-refractivity contribution in [2.45, 2.75) is 36.7 Å². The van der Waals surface area contributed by atoms with Crippen LogP contribution >= 0.6 is 22.9 Å². The van der Waals surface area contributed by atoms with Crippen LogP contribution in [0.3, 0.4) is 0 Å². The van der Waals surface area contributed by atoms with Crippen molar-refractivity contribution in [3.05, 3.63) is 44.9 Å². The van der Waals surface area contributed by atoms with Crippen LogP contribution in [0.25, 0.3) is 10.9 Å². The summed E-state index contributed by atoms with van der Waals surface area (Å²) in [6, 6.07) is 5.96. The van der Waals surface area contributed by atoms with Gasteiger partial charge >= 0.3 is 0 Å². The van der Waals surface area contributed by atoms with E-state index in [0.29, 0.717) is 34.1 Å². The van der Waals surface area contributed by atoms with Crippen molar-refractivity contribution >= 4 is 55.7 Å². The Hall–Kier alpha value is -2.59. The van der Waals surface area contributed by atoms with Gasteiger partial charge in [-0.05, 0) is 31.3 Å². The molecule has 2 aromatic heterocycles. The first kappa shape index (κ1) is 28.5. The second kappa shape index (κ2) is 11.6. The maximum absolute atomic E-state index is 13.7. The molecule has 1 aromatic carbocycles. The van der Waals surface area contributed by atoms with Crippen LogP contribution in [0.1, 0.15) is 26.8 Å². The number of rotatable bonds is 7. The number of carbonyl (C=O) groups excluding carboxylic acids is 2. The monoisotopic (exact) mass is 622 g/mol. The Labute approximate surface area is 246 Å². The number of amides is 2. The number of aromatic nitrogens is 2. The molecular weight excluding hydrogens is 592 g/mol. The van der Waals surface area contributed by atoms with Gasteiger partial charge < -0.3 is 29.6 Å². The van der Waals surface area contributed by atoms with E-state index in [1.54, 1.807) is 29.2 Å². The van der Waals surface area contributed by atoms with Gasteiger partial charge in [-0.3, -0.25) is 9.59 Å². The number of thiazole rings is 1. The van der Waals surface area contributed by atoms with Crippen molar-refractivity contribution < 1.29 is 27.5 Å². The molecule has 0 aliphatic carbocycles. The van der Waals surface area contributed by atoms with E-state index >= 15 is 0 Å². The lowest BCUT2D eigenvalue weighted by atomic mass is 10.1. The summed E-state index contributed by atoms with van der Waals surface area (Å²) < 4.78 is 39.5. The average Bonchev–Trinajstić information content (AvgIpc) is 3.71. The zero-order valence-corrected chi connectivity index (χ0v) is 24.9. The van der Waals surface area contributed by atoms with E-state index in [1.165, 1.54) is 15.6 Å². The zero-order valence-electron chi connectivity index (χ0n) is 22.5. The van der Waals surface area contributed by atoms with Gasteiger partial charge in [0.15, 0.2) is 11.3 Å². The van der Waals surface area contributed by atoms with Crippen LogP contribution in [0.4, 0.5) is 0 Å². The summed E-state index contributed by atoms with van der Waals surface area (Å²) in [6.07, 6.45) is 0.171. The Bertz CT molecular complexity index is 1570. The van der Waals surface area contributed by atoms with Crippen LogP contribution in [0, 0.1) is 0 Å². The molecule has 2 saturated heterocycles. The quantitative estimate of drug-likeness (QED) is 0.406. The summed E-state index contributed by atoms with van der Waals surface area (Å²) in [5.74, 6) is -0.615. The highest BCUT2D eigenvalue weighted by atomic mass is 35.5. The maximum atomic E-state index is 13.7. The number of piperazine rings is 1. The summed E-state index contributed by atoms with van der Waals surface area (Å²) >= 11 is 7.46. The number of ether oxygens (including phenoxy) is 2. The highest BCUT2D eigenvalue weighted by Gasteiger charge is 2.39. The number of halogens is 1. The van der Waals surface area contributed by atoms with Crippen molar-refractivity contribution in [2.75, 3.05) is 53.0 Å². The van der Waals surface area contributed by atoms with Gasteiger partial charge in [0.1, 0.15) is 5.03 Å². The number of H-pyrrole nitrogens is 1. The first-order valence-corrected chi connectivity index (χ1v) is 16.1. The Morgan fingerprint density at radius 3 is 2.80 bits per heavy atom. The molecule has 6 rings (SSSR count). The van der Waals surface area contributed by atoms with Crippen LogP contribution in [0.5, 0.6) is 0 Å². The van der Waals surface area contributed by atoms with Crippen LogP contribution in [-0.4, -0.2) is 110 Å². The molecule has 1 unspecified atom stereocenters. The molecule has 0 saturated carbocycles. The van der Waals surface area contributed by atoms with E-state index in [-0.39, 0.29) is 49.4 Å². The molecule has 5 heterocycles. The Morgan fingerprint density at radius 1 is 1.20 bits per heavy atom. The molecule has 220 valence electrons. The van der Waals surface area contributed by atoms with Gasteiger partial charge in [0.05, 0.1) is 31.5 Å². The van der Waals surface area contributed by atoms with Gasteiger partial charge in [-0.25, -0.2) is 13.4 Å². The molecule has 0 spiro atoms. The Balaban J connectivity index is 1.23. The first-order chi connectivity index (χ1) is 19.7. The average molecular weight is 623 g/mol. The highest BCUT2D eigenvalue weighted by molar-refractivity contribution is 7.89. The van der Waals surface area contributed by atoms with Crippen LogP contribution in [-0.2, 0) is 37.3 Å². The summed E-state index contributed by atoms with van der Waals surface area (Å²) in [5, 5.41) is 4.37. The van der Waals surface area contributed by atoms with Gasteiger partial charge in [-0.15, -0.1) is 11.3 Å². The number of fused-ring (bicyclic) bond motifs is 2. The van der Waals surface area contributed by atoms with Gasteiger partial charge in [0.25, 0.3) is 15.9 Å². The van der Waals surface area contributed by atoms with Crippen molar-refractivity contribution in [1.82, 2.24) is 29.4 Å². The van der Waals surface area contributed by atoms with Crippen molar-refractivity contribution in [2.24, 2.45) is 0 Å². The summed E-state index contributed by atoms with van der Waals surface area (Å²) in [6.45, 7) is 2.88. The molecule has 12 nitrogen and oxygen atoms in total. The number of sulfonamides is 1. The molecule has 1 atom stereocenters. The molecule has 2 N–H and O–H groups in total. The number of hydrogen-bond donors (Lipinski definition) is 2. The van der Waals surface area contributed by atoms with E-state index in [0.717, 1.165) is 30.1 Å². The zero-order chi connectivity index (χ0) is 28.7. The molecular formula is C26H31ClN6O6S2. The first-order valence-electron chi connectivity index (χ1n) is 13.4. The Morgan fingerprint density at radius 2 is 2.00 bits per heavy atom. The van der Waals surface area contributed by atoms with E-state index in [4.69, 9.17) is 21.1 Å². The van der Waals surface area contributed by atoms with E-state index in [2.05, 4.69) is 20.2 Å². The minimum atomic E-state index is -3.95. The van der Waals surface area contributed by atoms with Crippen molar-refractivity contribution in [3.8, 4) is 0 Å². The Kier molecular flexibility index (Phi) is 8.06. The fraction of sp³-hybridized carbons (Fsp3) is 0.500. The van der Waals surface area contributed by atoms with E-state index < -0.39 is 22.4 Å². The minimum Gasteiger partial charge on any atom is -0.351 e. The predicted octanol–water partition coefficient (Wildman–Crippen LogP) is 1.66. The standard InChI is InChI=1S/C26H31ClN6O6S2/c1-31-5-4-20-21(15-31)40-25(30-20)26(35)33-7-6-32(14-18(33)12-22(34)28-13-24-38-8-9-39-24)41(36,37)23-11-16-10-17(27)2-3-19(16)29-23/h2-3,10-11,18,24,29H,4-9,12-15H2,1H3,(H,28,34). The maximum Gasteiger partial charge on any atom is 0.283 e. The van der Waals surface area contributed by atoms with E-state index in [1.807, 2.05) is 7.05 Å². The second-order valence-electron chi connectivity index (χ2n) is 10.4. The predicted molar refractivity (Wildman–Crippen MR) is 152 cm³/mol. The number of nitrogens with zero attached hydrogens (tertiary/aromatic N) is 4. The number of nitrogens with one attached hydrogen (secondary N) is 2. The molecule has 3 aliphatic rings. The molecule has 0 bridgehead atoms. The minimum absolute atomic E-state index is 0.0324. The number of carbonyl (C=O) groups is 2. The summed E-state index contributed by atoms with van der Waals surface area (Å²) in [7, 11) is -1.92. The van der Waals surface area contributed by atoms with Gasteiger partial charge in [0.2, 0.25) is 5.91 Å². The molecule has 3 aromatic rings. The van der Waals surface area contributed by atoms with E-state index in [9.17, 15) is 18.0 Å². The molecule has 2 amide bonds. The number of likely N-dealkylation sites (N-methyl/N-ethyl adjacent to an activating group) is 1. The largest absolute Gasteiger partial charge is 0.351 e. The number of aromatic amines is 1. The number of benzene rings is 1. The third-order valence-electron chi connectivity index (χ3n) is 7.57. The summed E-state index contributed by atoms with van der Waals surface area (Å²) in [5.41, 5.74) is 1.58. The van der Waals surface area contributed by atoms with Gasteiger partial charge in [-0.1, -0.05) is 11.6 Å². The molecule has 2 fully saturated rings. The van der Waals surface area contributed by atoms with Crippen LogP contribution < -0.4 is 5.32 Å². The lowest BCUT2D eigenvalue weighted by molar-refractivity contribution is -0.124.